The number of aromatic nitrogens is 3. The number of methoxy groups -OCH3 is 1. The van der Waals surface area contributed by atoms with Crippen LogP contribution in [0.15, 0.2) is 6.07 Å². The van der Waals surface area contributed by atoms with Gasteiger partial charge in [-0.2, -0.15) is 5.10 Å². The number of amides is 1. The fraction of sp³-hybridized carbons (Fsp3) is 0.609. The number of carbonyl (C=O) groups excluding carboxylic acids is 1. The number of pyridine rings is 1. The lowest BCUT2D eigenvalue weighted by molar-refractivity contribution is 0.0649. The standard InChI is InChI=1S/C21H26FN5O4.C2H6/c1-13-16(22)11-18-20(23-13)31-10-7-26(18)19-15-12-25(21(28)29-2)6-3-17(15)27(24-19)14-4-8-30-9-5-14;1-2/h11,14H,3-10,12H2,1-2H3;1-2H3. The van der Waals surface area contributed by atoms with Gasteiger partial charge in [-0.1, -0.05) is 13.8 Å². The first kappa shape index (κ1) is 23.3. The fourth-order valence-electron chi connectivity index (χ4n) is 4.58. The van der Waals surface area contributed by atoms with E-state index in [1.54, 1.807) is 11.8 Å². The molecule has 1 saturated heterocycles. The molecule has 1 amide bonds. The van der Waals surface area contributed by atoms with Gasteiger partial charge < -0.3 is 24.0 Å². The predicted molar refractivity (Wildman–Crippen MR) is 121 cm³/mol. The molecule has 0 aliphatic carbocycles. The molecule has 3 aliphatic heterocycles. The van der Waals surface area contributed by atoms with Crippen molar-refractivity contribution >= 4 is 17.6 Å². The Labute approximate surface area is 193 Å². The van der Waals surface area contributed by atoms with Crippen molar-refractivity contribution in [1.29, 1.82) is 0 Å². The van der Waals surface area contributed by atoms with Gasteiger partial charge in [-0.15, -0.1) is 0 Å². The summed E-state index contributed by atoms with van der Waals surface area (Å²) in [4.78, 5) is 20.1. The van der Waals surface area contributed by atoms with Crippen LogP contribution in [0.25, 0.3) is 0 Å². The third-order valence-electron chi connectivity index (χ3n) is 6.23. The molecule has 3 aliphatic rings. The zero-order valence-corrected chi connectivity index (χ0v) is 19.8. The number of ether oxygens (including phenoxy) is 3. The van der Waals surface area contributed by atoms with Crippen molar-refractivity contribution in [2.75, 3.05) is 44.9 Å². The van der Waals surface area contributed by atoms with Crippen molar-refractivity contribution in [2.45, 2.75) is 52.6 Å². The number of halogens is 1. The highest BCUT2D eigenvalue weighted by Gasteiger charge is 2.35. The molecule has 1 fully saturated rings. The van der Waals surface area contributed by atoms with Crippen LogP contribution in [0, 0.1) is 12.7 Å². The van der Waals surface area contributed by atoms with Gasteiger partial charge in [0.2, 0.25) is 5.88 Å². The number of anilines is 2. The lowest BCUT2D eigenvalue weighted by Crippen LogP contribution is -2.37. The predicted octanol–water partition coefficient (Wildman–Crippen LogP) is 3.76. The van der Waals surface area contributed by atoms with Gasteiger partial charge in [0, 0.05) is 43.5 Å². The van der Waals surface area contributed by atoms with E-state index >= 15 is 0 Å². The molecule has 0 spiro atoms. The Morgan fingerprint density at radius 2 is 1.97 bits per heavy atom. The third-order valence-corrected chi connectivity index (χ3v) is 6.23. The minimum absolute atomic E-state index is 0.245. The smallest absolute Gasteiger partial charge is 0.409 e. The second-order valence-corrected chi connectivity index (χ2v) is 8.06. The topological polar surface area (TPSA) is 82.0 Å². The molecule has 9 nitrogen and oxygen atoms in total. The average Bonchev–Trinajstić information content (AvgIpc) is 3.24. The van der Waals surface area contributed by atoms with Crippen molar-refractivity contribution in [2.24, 2.45) is 0 Å². The molecule has 2 aromatic rings. The highest BCUT2D eigenvalue weighted by Crippen LogP contribution is 2.40. The Hall–Kier alpha value is -2.88. The van der Waals surface area contributed by atoms with E-state index in [1.807, 2.05) is 18.7 Å². The van der Waals surface area contributed by atoms with Crippen LogP contribution in [0.1, 0.15) is 49.7 Å². The van der Waals surface area contributed by atoms with Crippen molar-refractivity contribution in [3.8, 4) is 5.88 Å². The molecule has 10 heteroatoms. The maximum atomic E-state index is 14.4. The van der Waals surface area contributed by atoms with Gasteiger partial charge in [-0.05, 0) is 19.8 Å². The first-order valence-corrected chi connectivity index (χ1v) is 11.6. The Bertz CT molecular complexity index is 1010. The summed E-state index contributed by atoms with van der Waals surface area (Å²) in [5, 5.41) is 5.01. The van der Waals surface area contributed by atoms with Crippen molar-refractivity contribution in [3.05, 3.63) is 28.8 Å². The summed E-state index contributed by atoms with van der Waals surface area (Å²) in [6.45, 7) is 8.94. The van der Waals surface area contributed by atoms with E-state index < -0.39 is 0 Å². The van der Waals surface area contributed by atoms with Crippen LogP contribution in [0.4, 0.5) is 20.7 Å². The van der Waals surface area contributed by atoms with E-state index in [1.165, 1.54) is 13.2 Å². The SMILES string of the molecule is CC.COC(=O)N1CCc2c(c(N3CCOc4nc(C)c(F)cc43)nn2C2CCOCC2)C1. The van der Waals surface area contributed by atoms with Gasteiger partial charge in [-0.25, -0.2) is 14.2 Å². The first-order valence-electron chi connectivity index (χ1n) is 11.6. The monoisotopic (exact) mass is 461 g/mol. The van der Waals surface area contributed by atoms with E-state index in [-0.39, 0.29) is 18.0 Å². The average molecular weight is 462 g/mol. The molecule has 0 unspecified atom stereocenters. The molecule has 180 valence electrons. The van der Waals surface area contributed by atoms with E-state index in [2.05, 4.69) is 9.67 Å². The zero-order valence-electron chi connectivity index (χ0n) is 19.8. The highest BCUT2D eigenvalue weighted by atomic mass is 19.1. The third kappa shape index (κ3) is 4.36. The van der Waals surface area contributed by atoms with Crippen LogP contribution in [0.5, 0.6) is 5.88 Å². The molecule has 5 rings (SSSR count). The van der Waals surface area contributed by atoms with Gasteiger partial charge >= 0.3 is 6.09 Å². The van der Waals surface area contributed by atoms with E-state index in [9.17, 15) is 9.18 Å². The molecular formula is C23H32FN5O4. The van der Waals surface area contributed by atoms with Crippen LogP contribution in [0.2, 0.25) is 0 Å². The number of hydrogen-bond donors (Lipinski definition) is 0. The Kier molecular flexibility index (Phi) is 7.02. The molecular weight excluding hydrogens is 429 g/mol. The molecule has 0 radical (unpaired) electrons. The minimum atomic E-state index is -0.386. The lowest BCUT2D eigenvalue weighted by atomic mass is 10.0. The summed E-state index contributed by atoms with van der Waals surface area (Å²) >= 11 is 0. The quantitative estimate of drug-likeness (QED) is 0.674. The van der Waals surface area contributed by atoms with Gasteiger partial charge in [-0.3, -0.25) is 4.68 Å². The van der Waals surface area contributed by atoms with Crippen LogP contribution >= 0.6 is 0 Å². The number of hydrogen-bond acceptors (Lipinski definition) is 7. The first-order chi connectivity index (χ1) is 16.1. The molecule has 33 heavy (non-hydrogen) atoms. The molecule has 2 aromatic heterocycles. The lowest BCUT2D eigenvalue weighted by Gasteiger charge is -2.32. The largest absolute Gasteiger partial charge is 0.474 e. The summed E-state index contributed by atoms with van der Waals surface area (Å²) < 4.78 is 32.7. The zero-order chi connectivity index (χ0) is 23.5. The normalized spacial score (nSPS) is 18.0. The summed E-state index contributed by atoms with van der Waals surface area (Å²) in [7, 11) is 1.39. The Morgan fingerprint density at radius 1 is 1.21 bits per heavy atom. The molecule has 5 heterocycles. The Morgan fingerprint density at radius 3 is 2.70 bits per heavy atom. The molecule has 0 atom stereocenters. The Balaban J connectivity index is 0.00000126. The molecule has 0 aromatic carbocycles. The molecule has 0 bridgehead atoms. The maximum Gasteiger partial charge on any atom is 0.409 e. The van der Waals surface area contributed by atoms with E-state index in [0.717, 1.165) is 29.9 Å². The second-order valence-electron chi connectivity index (χ2n) is 8.06. The second kappa shape index (κ2) is 9.94. The summed E-state index contributed by atoms with van der Waals surface area (Å²) in [5.41, 5.74) is 2.95. The number of fused-ring (bicyclic) bond motifs is 2. The van der Waals surface area contributed by atoms with E-state index in [0.29, 0.717) is 63.1 Å². The van der Waals surface area contributed by atoms with Crippen LogP contribution in [0.3, 0.4) is 0 Å². The fourth-order valence-corrected chi connectivity index (χ4v) is 4.58. The van der Waals surface area contributed by atoms with Crippen LogP contribution in [-0.2, 0) is 22.4 Å². The molecule has 0 saturated carbocycles. The van der Waals surface area contributed by atoms with Crippen LogP contribution < -0.4 is 9.64 Å². The van der Waals surface area contributed by atoms with Gasteiger partial charge in [0.15, 0.2) is 5.82 Å². The van der Waals surface area contributed by atoms with Gasteiger partial charge in [0.1, 0.15) is 18.1 Å². The van der Waals surface area contributed by atoms with Crippen molar-refractivity contribution in [3.63, 3.8) is 0 Å². The number of aryl methyl sites for hydroxylation is 1. The van der Waals surface area contributed by atoms with Crippen molar-refractivity contribution in [1.82, 2.24) is 19.7 Å². The van der Waals surface area contributed by atoms with Crippen molar-refractivity contribution < 1.29 is 23.4 Å². The molecule has 0 N–H and O–H groups in total. The summed E-state index contributed by atoms with van der Waals surface area (Å²) in [6.07, 6.45) is 2.11. The maximum absolute atomic E-state index is 14.4. The van der Waals surface area contributed by atoms with E-state index in [4.69, 9.17) is 19.3 Å². The minimum Gasteiger partial charge on any atom is -0.474 e. The van der Waals surface area contributed by atoms with Crippen LogP contribution in [-0.4, -0.2) is 65.8 Å². The van der Waals surface area contributed by atoms with Gasteiger partial charge in [0.05, 0.1) is 31.9 Å². The number of rotatable bonds is 2. The van der Waals surface area contributed by atoms with Gasteiger partial charge in [0.25, 0.3) is 0 Å². The summed E-state index contributed by atoms with van der Waals surface area (Å²) in [5.74, 6) is 0.744. The number of carbonyl (C=O) groups is 1. The number of nitrogens with zero attached hydrogens (tertiary/aromatic N) is 5. The summed E-state index contributed by atoms with van der Waals surface area (Å²) in [6, 6.07) is 1.70. The highest BCUT2D eigenvalue weighted by molar-refractivity contribution is 5.72.